The van der Waals surface area contributed by atoms with Crippen molar-refractivity contribution in [2.75, 3.05) is 20.8 Å². The molecular weight excluding hydrogens is 396 g/mol. The van der Waals surface area contributed by atoms with E-state index in [2.05, 4.69) is 42.0 Å². The number of hydrogen-bond acceptors (Lipinski definition) is 5. The number of thiazole rings is 1. The summed E-state index contributed by atoms with van der Waals surface area (Å²) in [7, 11) is 3.38. The Balaban J connectivity index is 1.88. The molecule has 158 valence electrons. The van der Waals surface area contributed by atoms with Crippen molar-refractivity contribution in [2.24, 2.45) is 4.99 Å². The van der Waals surface area contributed by atoms with Crippen molar-refractivity contribution < 1.29 is 14.2 Å². The van der Waals surface area contributed by atoms with E-state index in [4.69, 9.17) is 19.2 Å². The van der Waals surface area contributed by atoms with Crippen LogP contribution in [-0.4, -0.2) is 31.5 Å². The molecule has 1 unspecified atom stereocenters. The zero-order valence-corrected chi connectivity index (χ0v) is 18.8. The topological polar surface area (TPSA) is 45.0 Å². The zero-order chi connectivity index (χ0) is 21.1. The summed E-state index contributed by atoms with van der Waals surface area (Å²) in [6, 6.07) is 12.3. The molecular formula is C24H28N2O3S. The van der Waals surface area contributed by atoms with Crippen LogP contribution in [-0.2, 0) is 11.3 Å². The molecule has 0 saturated carbocycles. The highest BCUT2D eigenvalue weighted by Gasteiger charge is 2.21. The number of ether oxygens (including phenoxy) is 3. The van der Waals surface area contributed by atoms with Crippen LogP contribution >= 0.6 is 11.3 Å². The van der Waals surface area contributed by atoms with Crippen LogP contribution in [0.4, 0.5) is 5.69 Å². The van der Waals surface area contributed by atoms with Gasteiger partial charge in [-0.25, -0.2) is 4.99 Å². The van der Waals surface area contributed by atoms with Crippen LogP contribution in [0.5, 0.6) is 11.5 Å². The Morgan fingerprint density at radius 1 is 1.13 bits per heavy atom. The summed E-state index contributed by atoms with van der Waals surface area (Å²) in [4.78, 5) is 6.00. The van der Waals surface area contributed by atoms with Crippen LogP contribution in [0.25, 0.3) is 11.3 Å². The van der Waals surface area contributed by atoms with Gasteiger partial charge < -0.3 is 18.8 Å². The van der Waals surface area contributed by atoms with Crippen LogP contribution in [0.2, 0.25) is 0 Å². The van der Waals surface area contributed by atoms with E-state index < -0.39 is 0 Å². The molecule has 1 aliphatic heterocycles. The lowest BCUT2D eigenvalue weighted by molar-refractivity contribution is 0.0968. The molecule has 1 aliphatic rings. The summed E-state index contributed by atoms with van der Waals surface area (Å²) in [5.74, 6) is 1.61. The lowest BCUT2D eigenvalue weighted by Gasteiger charge is -2.16. The van der Waals surface area contributed by atoms with Crippen LogP contribution in [0, 0.1) is 13.8 Å². The average Bonchev–Trinajstić information content (AvgIpc) is 3.41. The SMILES string of the molecule is COc1ccc(OC)c(-c2csc(=Nc3cc(C)ccc3C)n2CC2CCCO2)c1. The fourth-order valence-corrected chi connectivity index (χ4v) is 4.68. The van der Waals surface area contributed by atoms with Crippen molar-refractivity contribution >= 4 is 17.0 Å². The first-order valence-electron chi connectivity index (χ1n) is 10.2. The lowest BCUT2D eigenvalue weighted by atomic mass is 10.1. The highest BCUT2D eigenvalue weighted by molar-refractivity contribution is 7.07. The Kier molecular flexibility index (Phi) is 6.25. The molecule has 2 heterocycles. The maximum Gasteiger partial charge on any atom is 0.190 e. The van der Waals surface area contributed by atoms with Crippen molar-refractivity contribution in [1.82, 2.24) is 4.57 Å². The monoisotopic (exact) mass is 424 g/mol. The van der Waals surface area contributed by atoms with Crippen molar-refractivity contribution in [1.29, 1.82) is 0 Å². The maximum absolute atomic E-state index is 5.95. The number of aryl methyl sites for hydroxylation is 2. The Hall–Kier alpha value is -2.57. The molecule has 4 rings (SSSR count). The molecule has 5 nitrogen and oxygen atoms in total. The summed E-state index contributed by atoms with van der Waals surface area (Å²) < 4.78 is 19.3. The number of aromatic nitrogens is 1. The zero-order valence-electron chi connectivity index (χ0n) is 18.0. The van der Waals surface area contributed by atoms with E-state index in [1.807, 2.05) is 18.2 Å². The first kappa shape index (κ1) is 20.7. The van der Waals surface area contributed by atoms with E-state index in [0.717, 1.165) is 64.8 Å². The number of benzene rings is 2. The van der Waals surface area contributed by atoms with Gasteiger partial charge in [-0.2, -0.15) is 0 Å². The molecule has 0 bridgehead atoms. The van der Waals surface area contributed by atoms with Gasteiger partial charge in [0, 0.05) is 17.6 Å². The normalized spacial score (nSPS) is 16.8. The van der Waals surface area contributed by atoms with E-state index in [1.54, 1.807) is 25.6 Å². The van der Waals surface area contributed by atoms with Crippen molar-refractivity contribution in [2.45, 2.75) is 39.3 Å². The Bertz CT molecular complexity index is 1090. The molecule has 0 radical (unpaired) electrons. The quantitative estimate of drug-likeness (QED) is 0.542. The Morgan fingerprint density at radius 2 is 2.00 bits per heavy atom. The van der Waals surface area contributed by atoms with Gasteiger partial charge in [-0.05, 0) is 62.1 Å². The van der Waals surface area contributed by atoms with Gasteiger partial charge in [0.05, 0.1) is 38.2 Å². The number of rotatable bonds is 6. The molecule has 0 aliphatic carbocycles. The van der Waals surface area contributed by atoms with Crippen molar-refractivity contribution in [3.63, 3.8) is 0 Å². The van der Waals surface area contributed by atoms with Gasteiger partial charge in [0.25, 0.3) is 0 Å². The van der Waals surface area contributed by atoms with Crippen LogP contribution < -0.4 is 14.3 Å². The Labute approximate surface area is 181 Å². The predicted octanol–water partition coefficient (Wildman–Crippen LogP) is 5.26. The molecule has 0 spiro atoms. The van der Waals surface area contributed by atoms with Crippen molar-refractivity contribution in [3.8, 4) is 22.8 Å². The minimum absolute atomic E-state index is 0.201. The minimum Gasteiger partial charge on any atom is -0.497 e. The molecule has 0 amide bonds. The minimum atomic E-state index is 0.201. The van der Waals surface area contributed by atoms with Gasteiger partial charge in [0.2, 0.25) is 0 Å². The van der Waals surface area contributed by atoms with E-state index in [-0.39, 0.29) is 6.10 Å². The fraction of sp³-hybridized carbons (Fsp3) is 0.375. The van der Waals surface area contributed by atoms with Gasteiger partial charge in [-0.15, -0.1) is 11.3 Å². The van der Waals surface area contributed by atoms with Crippen molar-refractivity contribution in [3.05, 3.63) is 57.7 Å². The van der Waals surface area contributed by atoms with Crippen LogP contribution in [0.3, 0.4) is 0 Å². The summed E-state index contributed by atoms with van der Waals surface area (Å²) in [5.41, 5.74) is 5.43. The third kappa shape index (κ3) is 4.30. The molecule has 0 N–H and O–H groups in total. The molecule has 30 heavy (non-hydrogen) atoms. The second-order valence-electron chi connectivity index (χ2n) is 7.62. The Morgan fingerprint density at radius 3 is 2.73 bits per heavy atom. The van der Waals surface area contributed by atoms with Crippen LogP contribution in [0.15, 0.2) is 46.8 Å². The number of hydrogen-bond donors (Lipinski definition) is 0. The highest BCUT2D eigenvalue weighted by atomic mass is 32.1. The third-order valence-electron chi connectivity index (χ3n) is 5.47. The standard InChI is InChI=1S/C24H28N2O3S/c1-16-7-8-17(2)21(12-16)25-24-26(14-19-6-5-11-29-19)22(15-30-24)20-13-18(27-3)9-10-23(20)28-4/h7-10,12-13,15,19H,5-6,11,14H2,1-4H3. The largest absolute Gasteiger partial charge is 0.497 e. The van der Waals surface area contributed by atoms with Gasteiger partial charge in [-0.1, -0.05) is 12.1 Å². The third-order valence-corrected chi connectivity index (χ3v) is 6.33. The fourth-order valence-electron chi connectivity index (χ4n) is 3.76. The first-order chi connectivity index (χ1) is 14.6. The molecule has 1 saturated heterocycles. The van der Waals surface area contributed by atoms with Gasteiger partial charge in [0.15, 0.2) is 4.80 Å². The molecule has 1 atom stereocenters. The number of nitrogens with zero attached hydrogens (tertiary/aromatic N) is 2. The van der Waals surface area contributed by atoms with E-state index in [9.17, 15) is 0 Å². The number of methoxy groups -OCH3 is 2. The van der Waals surface area contributed by atoms with Gasteiger partial charge in [-0.3, -0.25) is 0 Å². The maximum atomic E-state index is 5.95. The molecule has 1 fully saturated rings. The van der Waals surface area contributed by atoms with Gasteiger partial charge in [0.1, 0.15) is 11.5 Å². The second-order valence-corrected chi connectivity index (χ2v) is 8.45. The smallest absolute Gasteiger partial charge is 0.190 e. The van der Waals surface area contributed by atoms with E-state index in [0.29, 0.717) is 0 Å². The second kappa shape index (κ2) is 9.06. The predicted molar refractivity (Wildman–Crippen MR) is 121 cm³/mol. The first-order valence-corrected chi connectivity index (χ1v) is 11.1. The average molecular weight is 425 g/mol. The summed E-state index contributed by atoms with van der Waals surface area (Å²) in [6.45, 7) is 5.79. The van der Waals surface area contributed by atoms with Gasteiger partial charge >= 0.3 is 0 Å². The van der Waals surface area contributed by atoms with E-state index in [1.165, 1.54) is 5.56 Å². The summed E-state index contributed by atoms with van der Waals surface area (Å²) in [6.07, 6.45) is 2.38. The molecule has 2 aromatic carbocycles. The van der Waals surface area contributed by atoms with E-state index >= 15 is 0 Å². The molecule has 1 aromatic heterocycles. The highest BCUT2D eigenvalue weighted by Crippen LogP contribution is 2.34. The summed E-state index contributed by atoms with van der Waals surface area (Å²) in [5, 5.41) is 2.15. The molecule has 3 aromatic rings. The molecule has 6 heteroatoms. The van der Waals surface area contributed by atoms with Crippen LogP contribution in [0.1, 0.15) is 24.0 Å². The lowest BCUT2D eigenvalue weighted by Crippen LogP contribution is -2.24. The summed E-state index contributed by atoms with van der Waals surface area (Å²) >= 11 is 1.64.